The van der Waals surface area contributed by atoms with Gasteiger partial charge in [-0.15, -0.1) is 11.8 Å². The first kappa shape index (κ1) is 19.9. The number of thioether (sulfide) groups is 1. The summed E-state index contributed by atoms with van der Waals surface area (Å²) in [5.74, 6) is -0.330. The molecule has 24 heavy (non-hydrogen) atoms. The summed E-state index contributed by atoms with van der Waals surface area (Å²) < 4.78 is 10.8. The van der Waals surface area contributed by atoms with Crippen molar-refractivity contribution in [1.82, 2.24) is 5.32 Å². The maximum atomic E-state index is 11.7. The van der Waals surface area contributed by atoms with E-state index in [1.807, 2.05) is 6.92 Å². The molecule has 6 unspecified atom stereocenters. The van der Waals surface area contributed by atoms with Gasteiger partial charge in [-0.1, -0.05) is 6.92 Å². The van der Waals surface area contributed by atoms with E-state index in [9.17, 15) is 25.2 Å². The van der Waals surface area contributed by atoms with E-state index in [-0.39, 0.29) is 12.3 Å². The number of aliphatic hydroxyl groups excluding tert-OH is 3. The summed E-state index contributed by atoms with van der Waals surface area (Å²) in [6.07, 6.45) is -2.13. The molecular weight excluding hydrogens is 338 g/mol. The molecule has 0 aromatic rings. The molecule has 8 nitrogen and oxygen atoms in total. The minimum Gasteiger partial charge on any atom is -0.394 e. The Hall–Kier alpha value is -0.420. The topological polar surface area (TPSA) is 128 Å². The third-order valence-electron chi connectivity index (χ3n) is 4.50. The molecule has 0 aromatic carbocycles. The fraction of sp³-hybridized carbons (Fsp3) is 0.933. The van der Waals surface area contributed by atoms with Gasteiger partial charge < -0.3 is 35.2 Å². The summed E-state index contributed by atoms with van der Waals surface area (Å²) in [5.41, 5.74) is -2.18. The summed E-state index contributed by atoms with van der Waals surface area (Å²) in [5, 5.41) is 42.1. The standard InChI is InChI=1S/C15H27NO7S/c1-2-5-22-6-4-16-10(18)3-7-24-14-11-12(19)13(20)15(11,21)9(8-17)23-14/h9,11-14,17,19-21H,2-8H2,1H3,(H,16,18). The quantitative estimate of drug-likeness (QED) is 0.295. The summed E-state index contributed by atoms with van der Waals surface area (Å²) in [7, 11) is 0. The molecule has 0 spiro atoms. The molecule has 2 aliphatic rings. The highest BCUT2D eigenvalue weighted by molar-refractivity contribution is 7.99. The molecule has 5 N–H and O–H groups in total. The average Bonchev–Trinajstić information content (AvgIpc) is 2.84. The maximum absolute atomic E-state index is 11.7. The van der Waals surface area contributed by atoms with Crippen molar-refractivity contribution in [2.45, 2.75) is 49.1 Å². The Balaban J connectivity index is 1.68. The SMILES string of the molecule is CCCOCCNC(=O)CCSC1OC(CO)C2(O)C(O)C(O)C12. The van der Waals surface area contributed by atoms with Gasteiger partial charge in [0, 0.05) is 25.3 Å². The molecule has 0 bridgehead atoms. The minimum atomic E-state index is -1.62. The first-order valence-electron chi connectivity index (χ1n) is 8.27. The first-order valence-corrected chi connectivity index (χ1v) is 9.32. The Labute approximate surface area is 145 Å². The van der Waals surface area contributed by atoms with Gasteiger partial charge in [-0.2, -0.15) is 0 Å². The Morgan fingerprint density at radius 1 is 1.38 bits per heavy atom. The number of rotatable bonds is 10. The van der Waals surface area contributed by atoms with Crippen LogP contribution >= 0.6 is 11.8 Å². The summed E-state index contributed by atoms with van der Waals surface area (Å²) in [4.78, 5) is 11.7. The van der Waals surface area contributed by atoms with E-state index in [1.165, 1.54) is 11.8 Å². The van der Waals surface area contributed by atoms with E-state index in [1.54, 1.807) is 0 Å². The molecule has 0 radical (unpaired) electrons. The third-order valence-corrected chi connectivity index (χ3v) is 5.67. The highest BCUT2D eigenvalue weighted by Crippen LogP contribution is 2.53. The van der Waals surface area contributed by atoms with Crippen LogP contribution in [0.15, 0.2) is 0 Å². The van der Waals surface area contributed by atoms with E-state index >= 15 is 0 Å². The summed E-state index contributed by atoms with van der Waals surface area (Å²) >= 11 is 1.29. The molecule has 1 aliphatic heterocycles. The number of amides is 1. The van der Waals surface area contributed by atoms with Gasteiger partial charge >= 0.3 is 0 Å². The first-order chi connectivity index (χ1) is 11.5. The van der Waals surface area contributed by atoms with Crippen LogP contribution in [0.25, 0.3) is 0 Å². The molecule has 9 heteroatoms. The lowest BCUT2D eigenvalue weighted by Crippen LogP contribution is -2.73. The van der Waals surface area contributed by atoms with Crippen molar-refractivity contribution >= 4 is 17.7 Å². The van der Waals surface area contributed by atoms with Gasteiger partial charge in [0.25, 0.3) is 0 Å². The van der Waals surface area contributed by atoms with Crippen molar-refractivity contribution in [2.75, 3.05) is 32.1 Å². The monoisotopic (exact) mass is 365 g/mol. The molecule has 6 atom stereocenters. The summed E-state index contributed by atoms with van der Waals surface area (Å²) in [6.45, 7) is 3.20. The van der Waals surface area contributed by atoms with Crippen molar-refractivity contribution in [3.05, 3.63) is 0 Å². The summed E-state index contributed by atoms with van der Waals surface area (Å²) in [6, 6.07) is 0. The van der Waals surface area contributed by atoms with E-state index in [0.29, 0.717) is 25.5 Å². The zero-order chi connectivity index (χ0) is 17.7. The number of nitrogens with one attached hydrogen (secondary N) is 1. The lowest BCUT2D eigenvalue weighted by Gasteiger charge is -2.51. The molecular formula is C15H27NO7S. The van der Waals surface area contributed by atoms with Crippen molar-refractivity contribution < 1.29 is 34.7 Å². The van der Waals surface area contributed by atoms with Crippen LogP contribution in [0.5, 0.6) is 0 Å². The highest BCUT2D eigenvalue weighted by Gasteiger charge is 2.72. The molecule has 1 aliphatic carbocycles. The Morgan fingerprint density at radius 3 is 2.79 bits per heavy atom. The Bertz CT molecular complexity index is 427. The predicted molar refractivity (Wildman–Crippen MR) is 87.4 cm³/mol. The smallest absolute Gasteiger partial charge is 0.220 e. The lowest BCUT2D eigenvalue weighted by atomic mass is 9.63. The number of ether oxygens (including phenoxy) is 2. The van der Waals surface area contributed by atoms with Gasteiger partial charge in [-0.3, -0.25) is 4.79 Å². The molecule has 0 aromatic heterocycles. The third kappa shape index (κ3) is 3.87. The van der Waals surface area contributed by atoms with Gasteiger partial charge in [0.05, 0.1) is 25.2 Å². The zero-order valence-corrected chi connectivity index (χ0v) is 14.6. The highest BCUT2D eigenvalue weighted by atomic mass is 32.2. The van der Waals surface area contributed by atoms with Gasteiger partial charge in [0.1, 0.15) is 23.2 Å². The number of carbonyl (C=O) groups is 1. The molecule has 1 heterocycles. The van der Waals surface area contributed by atoms with Crippen LogP contribution < -0.4 is 5.32 Å². The van der Waals surface area contributed by atoms with Crippen LogP contribution in [-0.4, -0.2) is 87.8 Å². The molecule has 1 amide bonds. The van der Waals surface area contributed by atoms with Crippen molar-refractivity contribution in [2.24, 2.45) is 5.92 Å². The van der Waals surface area contributed by atoms with E-state index in [0.717, 1.165) is 6.42 Å². The van der Waals surface area contributed by atoms with Crippen LogP contribution in [0.2, 0.25) is 0 Å². The fourth-order valence-electron chi connectivity index (χ4n) is 3.16. The normalized spacial score (nSPS) is 37.8. The molecule has 2 fully saturated rings. The van der Waals surface area contributed by atoms with Gasteiger partial charge in [-0.25, -0.2) is 0 Å². The average molecular weight is 365 g/mol. The minimum absolute atomic E-state index is 0.108. The Morgan fingerprint density at radius 2 is 2.12 bits per heavy atom. The lowest BCUT2D eigenvalue weighted by molar-refractivity contribution is -0.256. The second-order valence-corrected chi connectivity index (χ2v) is 7.31. The van der Waals surface area contributed by atoms with Crippen molar-refractivity contribution in [3.63, 3.8) is 0 Å². The number of hydrogen-bond acceptors (Lipinski definition) is 8. The van der Waals surface area contributed by atoms with Crippen molar-refractivity contribution in [3.8, 4) is 0 Å². The fourth-order valence-corrected chi connectivity index (χ4v) is 4.49. The number of aliphatic hydroxyl groups is 4. The molecule has 140 valence electrons. The van der Waals surface area contributed by atoms with Crippen LogP contribution in [0.1, 0.15) is 19.8 Å². The van der Waals surface area contributed by atoms with Crippen LogP contribution in [0.4, 0.5) is 0 Å². The molecule has 2 rings (SSSR count). The number of carbonyl (C=O) groups excluding carboxylic acids is 1. The molecule has 1 saturated heterocycles. The van der Waals surface area contributed by atoms with Gasteiger partial charge in [0.15, 0.2) is 0 Å². The van der Waals surface area contributed by atoms with E-state index < -0.39 is 41.9 Å². The van der Waals surface area contributed by atoms with Gasteiger partial charge in [-0.05, 0) is 6.42 Å². The van der Waals surface area contributed by atoms with E-state index in [4.69, 9.17) is 9.47 Å². The zero-order valence-electron chi connectivity index (χ0n) is 13.8. The Kier molecular flexibility index (Phi) is 7.29. The maximum Gasteiger partial charge on any atom is 0.220 e. The van der Waals surface area contributed by atoms with Crippen molar-refractivity contribution in [1.29, 1.82) is 0 Å². The van der Waals surface area contributed by atoms with Crippen LogP contribution in [0.3, 0.4) is 0 Å². The number of fused-ring (bicyclic) bond motifs is 1. The second kappa shape index (κ2) is 8.79. The van der Waals surface area contributed by atoms with E-state index in [2.05, 4.69) is 5.32 Å². The predicted octanol–water partition coefficient (Wildman–Crippen LogP) is -1.55. The largest absolute Gasteiger partial charge is 0.394 e. The van der Waals surface area contributed by atoms with Crippen LogP contribution in [0, 0.1) is 5.92 Å². The number of hydrogen-bond donors (Lipinski definition) is 5. The van der Waals surface area contributed by atoms with Crippen LogP contribution in [-0.2, 0) is 14.3 Å². The molecule has 1 saturated carbocycles. The second-order valence-electron chi connectivity index (χ2n) is 6.11. The van der Waals surface area contributed by atoms with Gasteiger partial charge in [0.2, 0.25) is 5.91 Å².